The van der Waals surface area contributed by atoms with Gasteiger partial charge in [-0.25, -0.2) is 28.2 Å². The largest absolute Gasteiger partial charge is 0.435 e. The molecule has 1 N–H and O–H groups in total. The minimum atomic E-state index is -1.56. The molecule has 0 unspecified atom stereocenters. The molecule has 2 aromatic heterocycles. The van der Waals surface area contributed by atoms with Crippen LogP contribution in [0.25, 0.3) is 11.3 Å². The zero-order valence-electron chi connectivity index (χ0n) is 26.6. The number of hydrogen-bond acceptors (Lipinski definition) is 9. The lowest BCUT2D eigenvalue weighted by molar-refractivity contribution is -0.148. The number of benzene rings is 3. The quantitative estimate of drug-likeness (QED) is 0.113. The van der Waals surface area contributed by atoms with E-state index in [1.165, 1.54) is 34.7 Å². The average molecular weight is 659 g/mol. The maximum atomic E-state index is 15.6. The van der Waals surface area contributed by atoms with E-state index in [0.717, 1.165) is 36.3 Å². The van der Waals surface area contributed by atoms with Gasteiger partial charge >= 0.3 is 5.97 Å². The van der Waals surface area contributed by atoms with E-state index in [4.69, 9.17) is 19.7 Å². The summed E-state index contributed by atoms with van der Waals surface area (Å²) < 4.78 is 42.9. The van der Waals surface area contributed by atoms with Crippen molar-refractivity contribution in [2.45, 2.75) is 45.8 Å². The maximum Gasteiger partial charge on any atom is 0.340 e. The molecule has 2 heterocycles. The minimum Gasteiger partial charge on any atom is -0.435 e. The van der Waals surface area contributed by atoms with E-state index in [1.807, 2.05) is 25.3 Å². The van der Waals surface area contributed by atoms with Gasteiger partial charge < -0.3 is 14.8 Å². The normalized spacial score (nSPS) is 12.7. The molecular formula is C35H36F2N6O3S. The Hall–Kier alpha value is -4.83. The number of aryl methyl sites for hydroxylation is 1. The van der Waals surface area contributed by atoms with Gasteiger partial charge in [0.05, 0.1) is 34.4 Å². The first-order valence-electron chi connectivity index (χ1n) is 15.0. The van der Waals surface area contributed by atoms with Crippen LogP contribution in [0.5, 0.6) is 0 Å². The molecule has 0 aliphatic heterocycles. The predicted molar refractivity (Wildman–Crippen MR) is 176 cm³/mol. The molecule has 0 saturated heterocycles. The summed E-state index contributed by atoms with van der Waals surface area (Å²) >= 11 is 1.34. The molecular weight excluding hydrogens is 622 g/mol. The summed E-state index contributed by atoms with van der Waals surface area (Å²) in [6, 6.07) is 19.2. The Balaban J connectivity index is 0.000000930. The second-order valence-corrected chi connectivity index (χ2v) is 11.5. The van der Waals surface area contributed by atoms with Crippen molar-refractivity contribution in [3.05, 3.63) is 124 Å². The van der Waals surface area contributed by atoms with Crippen LogP contribution in [-0.2, 0) is 21.6 Å². The molecule has 9 nitrogen and oxygen atoms in total. The number of carbonyl (C=O) groups excluding carboxylic acids is 1. The van der Waals surface area contributed by atoms with Crippen LogP contribution in [0.4, 0.5) is 8.78 Å². The zero-order valence-corrected chi connectivity index (χ0v) is 27.4. The van der Waals surface area contributed by atoms with Crippen LogP contribution in [0.15, 0.2) is 84.8 Å². The van der Waals surface area contributed by atoms with E-state index in [9.17, 15) is 9.18 Å². The number of carbonyl (C=O) groups is 1. The topological polar surface area (TPSA) is 115 Å². The molecule has 0 aliphatic carbocycles. The molecule has 2 atom stereocenters. The van der Waals surface area contributed by atoms with Gasteiger partial charge in [0.2, 0.25) is 0 Å². The Morgan fingerprint density at radius 1 is 1.11 bits per heavy atom. The molecule has 3 aromatic carbocycles. The summed E-state index contributed by atoms with van der Waals surface area (Å²) in [6.07, 6.45) is 2.79. The maximum absolute atomic E-state index is 15.6. The molecule has 0 radical (unpaired) electrons. The minimum absolute atomic E-state index is 0.0358. The molecule has 0 aliphatic rings. The number of ether oxygens (including phenoxy) is 2. The van der Waals surface area contributed by atoms with Gasteiger partial charge in [0.1, 0.15) is 29.9 Å². The van der Waals surface area contributed by atoms with Crippen molar-refractivity contribution in [2.24, 2.45) is 0 Å². The van der Waals surface area contributed by atoms with Crippen molar-refractivity contribution in [1.82, 2.24) is 25.1 Å². The van der Waals surface area contributed by atoms with Gasteiger partial charge in [0, 0.05) is 28.5 Å². The summed E-state index contributed by atoms with van der Waals surface area (Å²) in [5, 5.41) is 18.9. The Kier molecular flexibility index (Phi) is 12.4. The van der Waals surface area contributed by atoms with Crippen molar-refractivity contribution < 1.29 is 23.0 Å². The Bertz CT molecular complexity index is 1790. The first-order chi connectivity index (χ1) is 22.7. The molecule has 244 valence electrons. The van der Waals surface area contributed by atoms with E-state index in [0.29, 0.717) is 21.8 Å². The van der Waals surface area contributed by atoms with Crippen LogP contribution in [0.1, 0.15) is 58.7 Å². The molecule has 0 fully saturated rings. The number of nitriles is 1. The highest BCUT2D eigenvalue weighted by atomic mass is 32.1. The van der Waals surface area contributed by atoms with Crippen LogP contribution >= 0.6 is 11.3 Å². The third kappa shape index (κ3) is 8.92. The number of halogens is 2. The summed E-state index contributed by atoms with van der Waals surface area (Å²) in [5.41, 5.74) is 1.68. The Labute approximate surface area is 276 Å². The van der Waals surface area contributed by atoms with Gasteiger partial charge in [0.15, 0.2) is 6.79 Å². The fourth-order valence-corrected chi connectivity index (χ4v) is 5.89. The second-order valence-electron chi connectivity index (χ2n) is 10.6. The highest BCUT2D eigenvalue weighted by Crippen LogP contribution is 2.44. The molecule has 0 spiro atoms. The SMILES string of the molecule is CCNCC.Cc1cccc(C(=O)OCO[C@@](Cn2cncn2)(c2ccc(F)cc2F)[C@@H](C)c2nc(-c3ccc(C#N)cc3)cs2)c1. The number of rotatable bonds is 12. The lowest BCUT2D eigenvalue weighted by atomic mass is 9.81. The van der Waals surface area contributed by atoms with Crippen LogP contribution in [0.2, 0.25) is 0 Å². The zero-order chi connectivity index (χ0) is 33.8. The highest BCUT2D eigenvalue weighted by molar-refractivity contribution is 7.10. The summed E-state index contributed by atoms with van der Waals surface area (Å²) in [5.74, 6) is -2.84. The van der Waals surface area contributed by atoms with E-state index in [-0.39, 0.29) is 12.1 Å². The van der Waals surface area contributed by atoms with E-state index < -0.39 is 35.9 Å². The number of thiazole rings is 1. The lowest BCUT2D eigenvalue weighted by Crippen LogP contribution is -2.42. The van der Waals surface area contributed by atoms with Crippen molar-refractivity contribution in [3.63, 3.8) is 0 Å². The first-order valence-corrected chi connectivity index (χ1v) is 15.9. The standard InChI is InChI=1S/C31H25F2N5O3S.C4H11N/c1-20-4-3-5-24(12-20)30(39)40-19-41-31(16-38-18-35-17-36-38,26-11-10-25(32)13-27(26)33)21(2)29-37-28(15-42-29)23-8-6-22(14-34)7-9-23;1-3-5-4-2/h3-13,15,17-18,21H,16,19H2,1-2H3;5H,3-4H2,1-2H3/t21-,31+;/m0./s1. The third-order valence-corrected chi connectivity index (χ3v) is 8.44. The third-order valence-electron chi connectivity index (χ3n) is 7.41. The molecule has 0 bridgehead atoms. The molecule has 47 heavy (non-hydrogen) atoms. The molecule has 5 rings (SSSR count). The highest BCUT2D eigenvalue weighted by Gasteiger charge is 2.45. The van der Waals surface area contributed by atoms with Crippen molar-refractivity contribution in [3.8, 4) is 17.3 Å². The van der Waals surface area contributed by atoms with Gasteiger partial charge in [0.25, 0.3) is 0 Å². The van der Waals surface area contributed by atoms with Gasteiger partial charge in [-0.15, -0.1) is 11.3 Å². The van der Waals surface area contributed by atoms with Gasteiger partial charge in [-0.2, -0.15) is 10.4 Å². The van der Waals surface area contributed by atoms with Gasteiger partial charge in [-0.05, 0) is 50.3 Å². The van der Waals surface area contributed by atoms with Crippen LogP contribution in [0, 0.1) is 29.9 Å². The van der Waals surface area contributed by atoms with E-state index in [2.05, 4.69) is 35.3 Å². The molecule has 12 heteroatoms. The van der Waals surface area contributed by atoms with Gasteiger partial charge in [-0.1, -0.05) is 56.7 Å². The smallest absolute Gasteiger partial charge is 0.340 e. The molecule has 0 saturated carbocycles. The van der Waals surface area contributed by atoms with Gasteiger partial charge in [-0.3, -0.25) is 0 Å². The van der Waals surface area contributed by atoms with Crippen molar-refractivity contribution in [2.75, 3.05) is 19.9 Å². The number of esters is 1. The summed E-state index contributed by atoms with van der Waals surface area (Å²) in [7, 11) is 0. The first kappa shape index (κ1) is 35.0. The van der Waals surface area contributed by atoms with Crippen molar-refractivity contribution >= 4 is 17.3 Å². The Morgan fingerprint density at radius 2 is 1.87 bits per heavy atom. The number of hydrogen-bond donors (Lipinski definition) is 1. The Morgan fingerprint density at radius 3 is 2.49 bits per heavy atom. The lowest BCUT2D eigenvalue weighted by Gasteiger charge is -2.38. The van der Waals surface area contributed by atoms with E-state index in [1.54, 1.807) is 42.5 Å². The second kappa shape index (κ2) is 16.6. The summed E-state index contributed by atoms with van der Waals surface area (Å²) in [4.78, 5) is 21.6. The average Bonchev–Trinajstić information content (AvgIpc) is 3.78. The fourth-order valence-electron chi connectivity index (χ4n) is 4.92. The van der Waals surface area contributed by atoms with Crippen LogP contribution < -0.4 is 5.32 Å². The summed E-state index contributed by atoms with van der Waals surface area (Å²) in [6.45, 7) is 9.47. The fraction of sp³-hybridized carbons (Fsp3) is 0.286. The number of nitrogens with zero attached hydrogens (tertiary/aromatic N) is 5. The number of nitrogens with one attached hydrogen (secondary N) is 1. The predicted octanol–water partition coefficient (Wildman–Crippen LogP) is 7.01. The van der Waals surface area contributed by atoms with E-state index >= 15 is 4.39 Å². The van der Waals surface area contributed by atoms with Crippen molar-refractivity contribution in [1.29, 1.82) is 5.26 Å². The van der Waals surface area contributed by atoms with Crippen LogP contribution in [0.3, 0.4) is 0 Å². The number of aromatic nitrogens is 4. The van der Waals surface area contributed by atoms with Crippen LogP contribution in [-0.4, -0.2) is 45.6 Å². The molecule has 0 amide bonds. The monoisotopic (exact) mass is 658 g/mol. The molecule has 5 aromatic rings.